The predicted molar refractivity (Wildman–Crippen MR) is 116 cm³/mol. The maximum Gasteiger partial charge on any atom is 0.225 e. The lowest BCUT2D eigenvalue weighted by molar-refractivity contribution is -0.138. The molecule has 9 heteroatoms. The summed E-state index contributed by atoms with van der Waals surface area (Å²) in [7, 11) is -3.35. The highest BCUT2D eigenvalue weighted by molar-refractivity contribution is 7.88. The number of nitrogens with zero attached hydrogens (tertiary/aromatic N) is 3. The molecule has 1 saturated carbocycles. The number of amides is 2. The van der Waals surface area contributed by atoms with Crippen LogP contribution in [0.4, 0.5) is 0 Å². The first-order valence-electron chi connectivity index (χ1n) is 11.6. The topological polar surface area (TPSA) is 90.0 Å². The van der Waals surface area contributed by atoms with E-state index in [-0.39, 0.29) is 30.7 Å². The SMILES string of the molecule is CS(=O)(=O)N1CCCC(C(=O)N2CCN(C3CCCCC3)CC2)CCNC(=O)CC1. The Hall–Kier alpha value is -1.19. The number of piperazine rings is 1. The Labute approximate surface area is 181 Å². The molecule has 2 amide bonds. The van der Waals surface area contributed by atoms with Crippen molar-refractivity contribution in [1.29, 1.82) is 0 Å². The van der Waals surface area contributed by atoms with Gasteiger partial charge in [-0.25, -0.2) is 12.7 Å². The number of nitrogens with one attached hydrogen (secondary N) is 1. The summed E-state index contributed by atoms with van der Waals surface area (Å²) in [6.07, 6.45) is 9.82. The smallest absolute Gasteiger partial charge is 0.225 e. The highest BCUT2D eigenvalue weighted by atomic mass is 32.2. The van der Waals surface area contributed by atoms with Gasteiger partial charge in [-0.2, -0.15) is 0 Å². The summed E-state index contributed by atoms with van der Waals surface area (Å²) in [6, 6.07) is 0.686. The van der Waals surface area contributed by atoms with Crippen LogP contribution < -0.4 is 5.32 Å². The molecule has 3 rings (SSSR count). The lowest BCUT2D eigenvalue weighted by Crippen LogP contribution is -2.53. The Morgan fingerprint density at radius 3 is 2.27 bits per heavy atom. The number of rotatable bonds is 3. The van der Waals surface area contributed by atoms with Gasteiger partial charge in [-0.3, -0.25) is 14.5 Å². The summed E-state index contributed by atoms with van der Waals surface area (Å²) in [5.74, 6) is -0.151. The molecule has 0 bridgehead atoms. The van der Waals surface area contributed by atoms with E-state index in [9.17, 15) is 18.0 Å². The van der Waals surface area contributed by atoms with Gasteiger partial charge in [0.2, 0.25) is 21.8 Å². The molecule has 3 aliphatic rings. The third-order valence-electron chi connectivity index (χ3n) is 6.90. The monoisotopic (exact) mass is 442 g/mol. The van der Waals surface area contributed by atoms with Gasteiger partial charge in [0.15, 0.2) is 0 Å². The quantitative estimate of drug-likeness (QED) is 0.705. The molecule has 1 aliphatic carbocycles. The van der Waals surface area contributed by atoms with Crippen LogP contribution >= 0.6 is 0 Å². The van der Waals surface area contributed by atoms with Gasteiger partial charge in [0.1, 0.15) is 0 Å². The van der Waals surface area contributed by atoms with Crippen molar-refractivity contribution in [3.05, 3.63) is 0 Å². The fourth-order valence-corrected chi connectivity index (χ4v) is 5.94. The summed E-state index contributed by atoms with van der Waals surface area (Å²) in [6.45, 7) is 4.47. The summed E-state index contributed by atoms with van der Waals surface area (Å²) in [5, 5.41) is 2.85. The van der Waals surface area contributed by atoms with E-state index in [1.807, 2.05) is 4.90 Å². The maximum atomic E-state index is 13.2. The zero-order valence-corrected chi connectivity index (χ0v) is 19.2. The van der Waals surface area contributed by atoms with E-state index in [1.54, 1.807) is 0 Å². The third-order valence-corrected chi connectivity index (χ3v) is 8.20. The molecule has 0 radical (unpaired) electrons. The molecule has 0 aromatic rings. The molecule has 30 heavy (non-hydrogen) atoms. The normalized spacial score (nSPS) is 27.3. The second-order valence-corrected chi connectivity index (χ2v) is 11.0. The standard InChI is InChI=1S/C21H38N4O4S/c1-30(28,29)25-12-5-6-18(9-11-22-20(26)10-13-25)21(27)24-16-14-23(15-17-24)19-7-3-2-4-8-19/h18-19H,2-17H2,1H3,(H,22,26). The van der Waals surface area contributed by atoms with E-state index >= 15 is 0 Å². The number of carbonyl (C=O) groups is 2. The summed E-state index contributed by atoms with van der Waals surface area (Å²) >= 11 is 0. The Bertz CT molecular complexity index is 685. The van der Waals surface area contributed by atoms with E-state index in [2.05, 4.69) is 10.2 Å². The molecule has 1 N–H and O–H groups in total. The lowest BCUT2D eigenvalue weighted by atomic mass is 9.93. The van der Waals surface area contributed by atoms with Crippen molar-refractivity contribution in [3.8, 4) is 0 Å². The van der Waals surface area contributed by atoms with Gasteiger partial charge in [0.05, 0.1) is 6.26 Å². The zero-order chi connectivity index (χ0) is 21.6. The van der Waals surface area contributed by atoms with Crippen LogP contribution in [-0.2, 0) is 19.6 Å². The van der Waals surface area contributed by atoms with Crippen LogP contribution in [0.15, 0.2) is 0 Å². The number of hydrogen-bond donors (Lipinski definition) is 1. The molecular weight excluding hydrogens is 404 g/mol. The Kier molecular flexibility index (Phi) is 8.53. The van der Waals surface area contributed by atoms with E-state index in [0.29, 0.717) is 38.4 Å². The minimum absolute atomic E-state index is 0.155. The largest absolute Gasteiger partial charge is 0.356 e. The number of carbonyl (C=O) groups excluding carboxylic acids is 2. The summed E-state index contributed by atoms with van der Waals surface area (Å²) in [5.41, 5.74) is 0. The molecule has 8 nitrogen and oxygen atoms in total. The van der Waals surface area contributed by atoms with Crippen LogP contribution in [-0.4, -0.2) is 92.4 Å². The van der Waals surface area contributed by atoms with Crippen LogP contribution in [0.25, 0.3) is 0 Å². The average molecular weight is 443 g/mol. The Balaban J connectivity index is 1.55. The van der Waals surface area contributed by atoms with Gasteiger partial charge in [0, 0.05) is 64.2 Å². The van der Waals surface area contributed by atoms with Gasteiger partial charge >= 0.3 is 0 Å². The second kappa shape index (κ2) is 10.9. The van der Waals surface area contributed by atoms with Gasteiger partial charge in [-0.05, 0) is 32.1 Å². The molecule has 3 fully saturated rings. The average Bonchev–Trinajstić information content (AvgIpc) is 2.78. The summed E-state index contributed by atoms with van der Waals surface area (Å²) < 4.78 is 25.3. The van der Waals surface area contributed by atoms with Crippen molar-refractivity contribution in [2.24, 2.45) is 5.92 Å². The molecule has 0 spiro atoms. The molecule has 2 saturated heterocycles. The van der Waals surface area contributed by atoms with Crippen molar-refractivity contribution in [3.63, 3.8) is 0 Å². The summed E-state index contributed by atoms with van der Waals surface area (Å²) in [4.78, 5) is 29.8. The van der Waals surface area contributed by atoms with E-state index in [0.717, 1.165) is 26.2 Å². The van der Waals surface area contributed by atoms with Crippen molar-refractivity contribution in [2.75, 3.05) is 52.1 Å². The number of sulfonamides is 1. The van der Waals surface area contributed by atoms with Crippen LogP contribution in [0.1, 0.15) is 57.8 Å². The highest BCUT2D eigenvalue weighted by Crippen LogP contribution is 2.24. The van der Waals surface area contributed by atoms with Crippen molar-refractivity contribution < 1.29 is 18.0 Å². The molecule has 172 valence electrons. The van der Waals surface area contributed by atoms with E-state index in [1.165, 1.54) is 42.7 Å². The first-order valence-corrected chi connectivity index (χ1v) is 13.4. The first-order chi connectivity index (χ1) is 14.3. The van der Waals surface area contributed by atoms with Crippen molar-refractivity contribution in [2.45, 2.75) is 63.8 Å². The Morgan fingerprint density at radius 1 is 0.900 bits per heavy atom. The van der Waals surface area contributed by atoms with Gasteiger partial charge in [-0.1, -0.05) is 19.3 Å². The predicted octanol–water partition coefficient (Wildman–Crippen LogP) is 1.03. The van der Waals surface area contributed by atoms with Crippen molar-refractivity contribution in [1.82, 2.24) is 19.4 Å². The fourth-order valence-electron chi connectivity index (χ4n) is 5.06. The molecule has 2 aliphatic heterocycles. The van der Waals surface area contributed by atoms with Crippen LogP contribution in [0.2, 0.25) is 0 Å². The molecule has 1 atom stereocenters. The second-order valence-electron chi connectivity index (χ2n) is 9.04. The molecular formula is C21H38N4O4S. The van der Waals surface area contributed by atoms with E-state index in [4.69, 9.17) is 0 Å². The zero-order valence-electron chi connectivity index (χ0n) is 18.4. The van der Waals surface area contributed by atoms with Gasteiger partial charge in [-0.15, -0.1) is 0 Å². The lowest BCUT2D eigenvalue weighted by Gasteiger charge is -2.41. The van der Waals surface area contributed by atoms with Gasteiger partial charge in [0.25, 0.3) is 0 Å². The van der Waals surface area contributed by atoms with Crippen LogP contribution in [0.3, 0.4) is 0 Å². The molecule has 0 aromatic heterocycles. The van der Waals surface area contributed by atoms with Gasteiger partial charge < -0.3 is 10.2 Å². The van der Waals surface area contributed by atoms with Crippen LogP contribution in [0, 0.1) is 5.92 Å². The third kappa shape index (κ3) is 6.65. The van der Waals surface area contributed by atoms with E-state index < -0.39 is 10.0 Å². The Morgan fingerprint density at radius 2 is 1.60 bits per heavy atom. The first kappa shape index (κ1) is 23.5. The van der Waals surface area contributed by atoms with Crippen LogP contribution in [0.5, 0.6) is 0 Å². The minimum atomic E-state index is -3.35. The van der Waals surface area contributed by atoms with Crippen molar-refractivity contribution >= 4 is 21.8 Å². The number of hydrogen-bond acceptors (Lipinski definition) is 5. The maximum absolute atomic E-state index is 13.2. The fraction of sp³-hybridized carbons (Fsp3) is 0.905. The molecule has 0 aromatic carbocycles. The molecule has 1 unspecified atom stereocenters. The minimum Gasteiger partial charge on any atom is -0.356 e. The highest BCUT2D eigenvalue weighted by Gasteiger charge is 2.30. The molecule has 2 heterocycles.